The van der Waals surface area contributed by atoms with Crippen LogP contribution in [-0.2, 0) is 4.74 Å². The second kappa shape index (κ2) is 7.31. The van der Waals surface area contributed by atoms with Gasteiger partial charge in [-0.1, -0.05) is 20.8 Å². The van der Waals surface area contributed by atoms with E-state index in [9.17, 15) is 0 Å². The Balaban J connectivity index is 2.73. The molecule has 1 atom stereocenters. The number of rotatable bonds is 6. The maximum Gasteiger partial charge on any atom is 0.0831 e. The predicted octanol–water partition coefficient (Wildman–Crippen LogP) is 3.75. The molecule has 0 spiro atoms. The third-order valence-electron chi connectivity index (χ3n) is 4.68. The van der Waals surface area contributed by atoms with Gasteiger partial charge in [-0.15, -0.1) is 11.8 Å². The van der Waals surface area contributed by atoms with Crippen molar-refractivity contribution in [3.05, 3.63) is 0 Å². The SMILES string of the molecule is CC#CCCC(NCC)C1(OC)CCC(C)(C)CC1. The standard InChI is InChI=1S/C17H31NO/c1-6-8-9-10-15(18-7-2)17(19-5)13-11-16(3,4)12-14-17/h15,18H,7,9-14H2,1-5H3. The Hall–Kier alpha value is -0.520. The van der Waals surface area contributed by atoms with E-state index in [1.54, 1.807) is 0 Å². The van der Waals surface area contributed by atoms with Gasteiger partial charge in [0.25, 0.3) is 0 Å². The van der Waals surface area contributed by atoms with Crippen LogP contribution in [0.4, 0.5) is 0 Å². The van der Waals surface area contributed by atoms with Crippen molar-refractivity contribution in [2.24, 2.45) is 5.41 Å². The van der Waals surface area contributed by atoms with Gasteiger partial charge >= 0.3 is 0 Å². The molecule has 0 radical (unpaired) electrons. The molecule has 1 unspecified atom stereocenters. The summed E-state index contributed by atoms with van der Waals surface area (Å²) in [4.78, 5) is 0. The van der Waals surface area contributed by atoms with Crippen LogP contribution in [0.5, 0.6) is 0 Å². The summed E-state index contributed by atoms with van der Waals surface area (Å²) < 4.78 is 6.01. The lowest BCUT2D eigenvalue weighted by atomic mass is 9.68. The fourth-order valence-electron chi connectivity index (χ4n) is 3.18. The largest absolute Gasteiger partial charge is 0.377 e. The predicted molar refractivity (Wildman–Crippen MR) is 82.1 cm³/mol. The second-order valence-electron chi connectivity index (χ2n) is 6.51. The maximum atomic E-state index is 6.01. The Morgan fingerprint density at radius 2 is 1.84 bits per heavy atom. The number of likely N-dealkylation sites (N-methyl/N-ethyl adjacent to an activating group) is 1. The molecule has 1 rings (SSSR count). The van der Waals surface area contributed by atoms with Gasteiger partial charge in [-0.2, -0.15) is 0 Å². The summed E-state index contributed by atoms with van der Waals surface area (Å²) in [6.45, 7) is 9.83. The molecule has 0 aromatic heterocycles. The van der Waals surface area contributed by atoms with Gasteiger partial charge in [0.15, 0.2) is 0 Å². The van der Waals surface area contributed by atoms with Crippen molar-refractivity contribution in [1.82, 2.24) is 5.32 Å². The zero-order chi connectivity index (χ0) is 14.4. The Labute approximate surface area is 119 Å². The first-order chi connectivity index (χ1) is 8.99. The second-order valence-corrected chi connectivity index (χ2v) is 6.51. The lowest BCUT2D eigenvalue weighted by Gasteiger charge is -2.47. The molecule has 1 aliphatic carbocycles. The highest BCUT2D eigenvalue weighted by atomic mass is 16.5. The van der Waals surface area contributed by atoms with Gasteiger partial charge in [-0.25, -0.2) is 0 Å². The molecule has 0 bridgehead atoms. The van der Waals surface area contributed by atoms with E-state index in [0.717, 1.165) is 32.2 Å². The average molecular weight is 265 g/mol. The fourth-order valence-corrected chi connectivity index (χ4v) is 3.18. The summed E-state index contributed by atoms with van der Waals surface area (Å²) in [5.74, 6) is 6.18. The Morgan fingerprint density at radius 1 is 1.21 bits per heavy atom. The minimum absolute atomic E-state index is 0.0148. The van der Waals surface area contributed by atoms with E-state index < -0.39 is 0 Å². The molecule has 19 heavy (non-hydrogen) atoms. The van der Waals surface area contributed by atoms with Crippen LogP contribution in [0.15, 0.2) is 0 Å². The minimum atomic E-state index is 0.0148. The normalized spacial score (nSPS) is 22.4. The Bertz CT molecular complexity index is 314. The van der Waals surface area contributed by atoms with Gasteiger partial charge in [0, 0.05) is 19.6 Å². The lowest BCUT2D eigenvalue weighted by Crippen LogP contribution is -2.54. The first-order valence-electron chi connectivity index (χ1n) is 7.68. The third kappa shape index (κ3) is 4.51. The molecule has 1 saturated carbocycles. The van der Waals surface area contributed by atoms with Crippen LogP contribution in [0.25, 0.3) is 0 Å². The van der Waals surface area contributed by atoms with E-state index in [0.29, 0.717) is 11.5 Å². The third-order valence-corrected chi connectivity index (χ3v) is 4.68. The molecule has 0 aromatic rings. The fraction of sp³-hybridized carbons (Fsp3) is 0.882. The molecule has 0 saturated heterocycles. The number of ether oxygens (including phenoxy) is 1. The van der Waals surface area contributed by atoms with Crippen molar-refractivity contribution >= 4 is 0 Å². The van der Waals surface area contributed by atoms with Crippen molar-refractivity contribution in [2.45, 2.75) is 77.9 Å². The molecule has 2 nitrogen and oxygen atoms in total. The summed E-state index contributed by atoms with van der Waals surface area (Å²) in [5.41, 5.74) is 0.489. The monoisotopic (exact) mass is 265 g/mol. The van der Waals surface area contributed by atoms with Gasteiger partial charge in [0.2, 0.25) is 0 Å². The van der Waals surface area contributed by atoms with E-state index in [4.69, 9.17) is 4.74 Å². The van der Waals surface area contributed by atoms with Gasteiger partial charge in [-0.3, -0.25) is 0 Å². The molecule has 1 fully saturated rings. The van der Waals surface area contributed by atoms with Crippen molar-refractivity contribution in [1.29, 1.82) is 0 Å². The van der Waals surface area contributed by atoms with Crippen LogP contribution in [-0.4, -0.2) is 25.3 Å². The van der Waals surface area contributed by atoms with Gasteiger partial charge < -0.3 is 10.1 Å². The molecular weight excluding hydrogens is 234 g/mol. The molecule has 110 valence electrons. The van der Waals surface area contributed by atoms with Crippen molar-refractivity contribution in [2.75, 3.05) is 13.7 Å². The zero-order valence-corrected chi connectivity index (χ0v) is 13.4. The van der Waals surface area contributed by atoms with Crippen LogP contribution >= 0.6 is 0 Å². The Morgan fingerprint density at radius 3 is 2.32 bits per heavy atom. The van der Waals surface area contributed by atoms with Gasteiger partial charge in [0.05, 0.1) is 5.60 Å². The summed E-state index contributed by atoms with van der Waals surface area (Å²) >= 11 is 0. The molecule has 0 aromatic carbocycles. The quantitative estimate of drug-likeness (QED) is 0.738. The molecule has 1 aliphatic rings. The van der Waals surface area contributed by atoms with Crippen LogP contribution in [0, 0.1) is 17.3 Å². The van der Waals surface area contributed by atoms with Crippen molar-refractivity contribution in [3.8, 4) is 11.8 Å². The van der Waals surface area contributed by atoms with E-state index in [2.05, 4.69) is 37.9 Å². The van der Waals surface area contributed by atoms with E-state index in [1.807, 2.05) is 14.0 Å². The average Bonchev–Trinajstić information content (AvgIpc) is 2.39. The van der Waals surface area contributed by atoms with Gasteiger partial charge in [-0.05, 0) is 51.0 Å². The van der Waals surface area contributed by atoms with Crippen LogP contribution < -0.4 is 5.32 Å². The van der Waals surface area contributed by atoms with Crippen molar-refractivity contribution < 1.29 is 4.74 Å². The molecule has 2 heteroatoms. The molecule has 0 amide bonds. The molecule has 1 N–H and O–H groups in total. The highest BCUT2D eigenvalue weighted by Crippen LogP contribution is 2.44. The number of hydrogen-bond donors (Lipinski definition) is 1. The smallest absolute Gasteiger partial charge is 0.0831 e. The summed E-state index contributed by atoms with van der Waals surface area (Å²) in [6, 6.07) is 0.430. The molecular formula is C17H31NO. The zero-order valence-electron chi connectivity index (χ0n) is 13.4. The van der Waals surface area contributed by atoms with Crippen molar-refractivity contribution in [3.63, 3.8) is 0 Å². The van der Waals surface area contributed by atoms with E-state index >= 15 is 0 Å². The van der Waals surface area contributed by atoms with Crippen LogP contribution in [0.2, 0.25) is 0 Å². The van der Waals surface area contributed by atoms with Crippen LogP contribution in [0.1, 0.15) is 66.2 Å². The highest BCUT2D eigenvalue weighted by Gasteiger charge is 2.43. The number of methoxy groups -OCH3 is 1. The first-order valence-corrected chi connectivity index (χ1v) is 7.68. The first kappa shape index (κ1) is 16.5. The molecule has 0 heterocycles. The summed E-state index contributed by atoms with van der Waals surface area (Å²) in [5, 5.41) is 3.64. The lowest BCUT2D eigenvalue weighted by molar-refractivity contribution is -0.0873. The van der Waals surface area contributed by atoms with E-state index in [-0.39, 0.29) is 5.60 Å². The topological polar surface area (TPSA) is 21.3 Å². The minimum Gasteiger partial charge on any atom is -0.377 e. The number of nitrogens with one attached hydrogen (secondary N) is 1. The Kier molecular flexibility index (Phi) is 6.36. The number of hydrogen-bond acceptors (Lipinski definition) is 2. The van der Waals surface area contributed by atoms with E-state index in [1.165, 1.54) is 12.8 Å². The van der Waals surface area contributed by atoms with Gasteiger partial charge in [0.1, 0.15) is 0 Å². The summed E-state index contributed by atoms with van der Waals surface area (Å²) in [7, 11) is 1.88. The summed E-state index contributed by atoms with van der Waals surface area (Å²) in [6.07, 6.45) is 6.87. The highest BCUT2D eigenvalue weighted by molar-refractivity contribution is 5.02. The maximum absolute atomic E-state index is 6.01. The molecule has 0 aliphatic heterocycles. The van der Waals surface area contributed by atoms with Crippen LogP contribution in [0.3, 0.4) is 0 Å².